The van der Waals surface area contributed by atoms with Gasteiger partial charge in [-0.25, -0.2) is 4.68 Å². The summed E-state index contributed by atoms with van der Waals surface area (Å²) in [5.74, 6) is 1.06. The minimum atomic E-state index is -0.0110. The number of hydrogen-bond donors (Lipinski definition) is 1. The van der Waals surface area contributed by atoms with Crippen LogP contribution in [0.4, 0.5) is 5.82 Å². The number of rotatable bonds is 1. The first-order chi connectivity index (χ1) is 10.5. The summed E-state index contributed by atoms with van der Waals surface area (Å²) < 4.78 is 1.93. The van der Waals surface area contributed by atoms with Crippen LogP contribution >= 0.6 is 0 Å². The molecule has 22 heavy (non-hydrogen) atoms. The summed E-state index contributed by atoms with van der Waals surface area (Å²) in [7, 11) is 0. The molecule has 114 valence electrons. The maximum absolute atomic E-state index is 9.39. The minimum Gasteiger partial charge on any atom is -0.370 e. The molecule has 3 rings (SSSR count). The van der Waals surface area contributed by atoms with Gasteiger partial charge in [-0.2, -0.15) is 10.4 Å². The highest BCUT2D eigenvalue weighted by Gasteiger charge is 2.28. The Morgan fingerprint density at radius 2 is 2.00 bits per heavy atom. The molecule has 4 heteroatoms. The second kappa shape index (κ2) is 5.49. The first-order valence-electron chi connectivity index (χ1n) is 7.88. The molecule has 0 spiro atoms. The molecule has 0 amide bonds. The smallest absolute Gasteiger partial charge is 0.133 e. The van der Waals surface area contributed by atoms with Crippen LogP contribution in [0.5, 0.6) is 0 Å². The topological polar surface area (TPSA) is 53.6 Å². The molecule has 2 heterocycles. The van der Waals surface area contributed by atoms with Gasteiger partial charge in [-0.15, -0.1) is 0 Å². The monoisotopic (exact) mass is 294 g/mol. The van der Waals surface area contributed by atoms with Crippen LogP contribution in [0.3, 0.4) is 0 Å². The largest absolute Gasteiger partial charge is 0.370 e. The number of anilines is 1. The molecule has 2 aromatic rings. The molecule has 1 aromatic carbocycles. The third kappa shape index (κ3) is 2.48. The van der Waals surface area contributed by atoms with E-state index in [1.54, 1.807) is 0 Å². The number of aromatic nitrogens is 2. The van der Waals surface area contributed by atoms with E-state index in [1.165, 1.54) is 12.0 Å². The van der Waals surface area contributed by atoms with Crippen LogP contribution in [0.1, 0.15) is 50.4 Å². The van der Waals surface area contributed by atoms with Crippen molar-refractivity contribution in [3.8, 4) is 11.8 Å². The summed E-state index contributed by atoms with van der Waals surface area (Å²) >= 11 is 0. The Balaban J connectivity index is 2.25. The van der Waals surface area contributed by atoms with Crippen molar-refractivity contribution in [1.82, 2.24) is 9.78 Å². The molecule has 0 saturated carbocycles. The highest BCUT2D eigenvalue weighted by atomic mass is 15.3. The minimum absolute atomic E-state index is 0.0110. The molecular weight excluding hydrogens is 272 g/mol. The summed E-state index contributed by atoms with van der Waals surface area (Å²) in [6.45, 7) is 7.54. The zero-order chi connectivity index (χ0) is 15.7. The predicted molar refractivity (Wildman–Crippen MR) is 88.4 cm³/mol. The van der Waals surface area contributed by atoms with Crippen molar-refractivity contribution in [1.29, 1.82) is 5.26 Å². The second-order valence-electron chi connectivity index (χ2n) is 6.85. The zero-order valence-corrected chi connectivity index (χ0v) is 13.5. The lowest BCUT2D eigenvalue weighted by Gasteiger charge is -2.17. The Hall–Kier alpha value is -2.28. The summed E-state index contributed by atoms with van der Waals surface area (Å²) in [6.07, 6.45) is 3.39. The lowest BCUT2D eigenvalue weighted by atomic mass is 9.88. The van der Waals surface area contributed by atoms with Crippen molar-refractivity contribution in [3.05, 3.63) is 41.1 Å². The van der Waals surface area contributed by atoms with Gasteiger partial charge in [0.05, 0.1) is 16.9 Å². The van der Waals surface area contributed by atoms with Gasteiger partial charge in [-0.3, -0.25) is 0 Å². The van der Waals surface area contributed by atoms with E-state index < -0.39 is 0 Å². The molecule has 1 aliphatic rings. The van der Waals surface area contributed by atoms with Gasteiger partial charge in [-0.05, 0) is 31.4 Å². The van der Waals surface area contributed by atoms with Crippen LogP contribution in [-0.2, 0) is 11.8 Å². The fourth-order valence-electron chi connectivity index (χ4n) is 3.03. The zero-order valence-electron chi connectivity index (χ0n) is 13.5. The van der Waals surface area contributed by atoms with Crippen molar-refractivity contribution in [2.24, 2.45) is 0 Å². The molecule has 0 fully saturated rings. The Kier molecular flexibility index (Phi) is 3.66. The van der Waals surface area contributed by atoms with Crippen LogP contribution in [-0.4, -0.2) is 16.3 Å². The highest BCUT2D eigenvalue weighted by molar-refractivity contribution is 5.59. The first-order valence-corrected chi connectivity index (χ1v) is 7.88. The van der Waals surface area contributed by atoms with Gasteiger partial charge in [-0.1, -0.05) is 32.9 Å². The van der Waals surface area contributed by atoms with E-state index in [2.05, 4.69) is 32.2 Å². The third-order valence-electron chi connectivity index (χ3n) is 4.09. The lowest BCUT2D eigenvalue weighted by Crippen LogP contribution is -2.15. The van der Waals surface area contributed by atoms with E-state index in [0.29, 0.717) is 5.56 Å². The van der Waals surface area contributed by atoms with Crippen molar-refractivity contribution < 1.29 is 0 Å². The molecule has 0 unspecified atom stereocenters. The quantitative estimate of drug-likeness (QED) is 0.870. The van der Waals surface area contributed by atoms with Crippen LogP contribution < -0.4 is 5.32 Å². The summed E-state index contributed by atoms with van der Waals surface area (Å²) in [6, 6.07) is 9.93. The fourth-order valence-corrected chi connectivity index (χ4v) is 3.03. The van der Waals surface area contributed by atoms with Crippen molar-refractivity contribution in [2.75, 3.05) is 11.9 Å². The van der Waals surface area contributed by atoms with Crippen LogP contribution in [0, 0.1) is 11.3 Å². The van der Waals surface area contributed by atoms with Crippen molar-refractivity contribution in [2.45, 2.75) is 45.4 Å². The van der Waals surface area contributed by atoms with Gasteiger partial charge in [0.2, 0.25) is 0 Å². The van der Waals surface area contributed by atoms with E-state index in [9.17, 15) is 5.26 Å². The predicted octanol–water partition coefficient (Wildman–Crippen LogP) is 3.79. The van der Waals surface area contributed by atoms with Gasteiger partial charge in [0, 0.05) is 17.5 Å². The van der Waals surface area contributed by atoms with E-state index in [1.807, 2.05) is 28.9 Å². The van der Waals surface area contributed by atoms with Crippen LogP contribution in [0.15, 0.2) is 24.3 Å². The summed E-state index contributed by atoms with van der Waals surface area (Å²) in [4.78, 5) is 0. The highest BCUT2D eigenvalue weighted by Crippen LogP contribution is 2.34. The molecule has 4 nitrogen and oxygen atoms in total. The molecule has 0 bridgehead atoms. The second-order valence-corrected chi connectivity index (χ2v) is 6.85. The molecule has 0 atom stereocenters. The van der Waals surface area contributed by atoms with E-state index in [-0.39, 0.29) is 5.41 Å². The number of nitrogens with zero attached hydrogens (tertiary/aromatic N) is 3. The number of para-hydroxylation sites is 1. The van der Waals surface area contributed by atoms with Gasteiger partial charge >= 0.3 is 0 Å². The summed E-state index contributed by atoms with van der Waals surface area (Å²) in [5.41, 5.74) is 3.93. The molecule has 1 aromatic heterocycles. The standard InChI is InChI=1S/C18H22N4/c1-18(2,3)16-14-9-6-7-11-20-17(14)22(21-16)15-10-5-4-8-13(15)12-19/h4-5,8,10,20H,6-7,9,11H2,1-3H3. The third-order valence-corrected chi connectivity index (χ3v) is 4.09. The van der Waals surface area contributed by atoms with E-state index in [4.69, 9.17) is 5.10 Å². The Labute approximate surface area is 131 Å². The van der Waals surface area contributed by atoms with E-state index >= 15 is 0 Å². The maximum Gasteiger partial charge on any atom is 0.133 e. The molecule has 0 aliphatic carbocycles. The number of hydrogen-bond acceptors (Lipinski definition) is 3. The number of nitrogens with one attached hydrogen (secondary N) is 1. The Morgan fingerprint density at radius 1 is 1.23 bits per heavy atom. The normalized spacial score (nSPS) is 14.6. The van der Waals surface area contributed by atoms with Crippen LogP contribution in [0.2, 0.25) is 0 Å². The first kappa shape index (κ1) is 14.6. The van der Waals surface area contributed by atoms with Gasteiger partial charge < -0.3 is 5.32 Å². The maximum atomic E-state index is 9.39. The fraction of sp³-hybridized carbons (Fsp3) is 0.444. The number of fused-ring (bicyclic) bond motifs is 1. The van der Waals surface area contributed by atoms with Crippen molar-refractivity contribution >= 4 is 5.82 Å². The molecule has 0 saturated heterocycles. The average molecular weight is 294 g/mol. The van der Waals surface area contributed by atoms with Gasteiger partial charge in [0.25, 0.3) is 0 Å². The van der Waals surface area contributed by atoms with Gasteiger partial charge in [0.1, 0.15) is 11.9 Å². The lowest BCUT2D eigenvalue weighted by molar-refractivity contribution is 0.552. The van der Waals surface area contributed by atoms with Gasteiger partial charge in [0.15, 0.2) is 0 Å². The Morgan fingerprint density at radius 3 is 2.73 bits per heavy atom. The Bertz CT molecular complexity index is 729. The number of benzene rings is 1. The molecule has 0 radical (unpaired) electrons. The average Bonchev–Trinajstić information content (AvgIpc) is 2.69. The molecular formula is C18H22N4. The number of nitriles is 1. The SMILES string of the molecule is CC(C)(C)c1nn(-c2ccccc2C#N)c2c1CCCCN2. The van der Waals surface area contributed by atoms with Crippen molar-refractivity contribution in [3.63, 3.8) is 0 Å². The molecule has 1 aliphatic heterocycles. The van der Waals surface area contributed by atoms with E-state index in [0.717, 1.165) is 36.6 Å². The summed E-state index contributed by atoms with van der Waals surface area (Å²) in [5, 5.41) is 17.8. The molecule has 1 N–H and O–H groups in total. The van der Waals surface area contributed by atoms with Crippen LogP contribution in [0.25, 0.3) is 5.69 Å².